The molecule has 0 bridgehead atoms. The van der Waals surface area contributed by atoms with E-state index in [1.807, 2.05) is 11.9 Å². The fraction of sp³-hybridized carbons (Fsp3) is 0.393. The number of benzene rings is 1. The van der Waals surface area contributed by atoms with Gasteiger partial charge in [0.05, 0.1) is 17.5 Å². The van der Waals surface area contributed by atoms with Crippen molar-refractivity contribution in [1.82, 2.24) is 24.6 Å². The molecule has 1 aromatic carbocycles. The normalized spacial score (nSPS) is 14.9. The van der Waals surface area contributed by atoms with Gasteiger partial charge in [0.25, 0.3) is 5.91 Å². The number of carbonyl (C=O) groups excluding carboxylic acids is 1. The first-order valence-corrected chi connectivity index (χ1v) is 12.2. The van der Waals surface area contributed by atoms with Gasteiger partial charge in [0.2, 0.25) is 0 Å². The smallest absolute Gasteiger partial charge is 0.257 e. The molecule has 6 nitrogen and oxygen atoms in total. The Balaban J connectivity index is 1.42. The number of piperidine rings is 1. The van der Waals surface area contributed by atoms with Crippen molar-refractivity contribution in [2.24, 2.45) is 7.05 Å². The average molecular weight is 456 g/mol. The summed E-state index contributed by atoms with van der Waals surface area (Å²) in [5, 5.41) is 5.45. The number of carbonyl (C=O) groups is 1. The van der Waals surface area contributed by atoms with E-state index in [1.54, 1.807) is 17.1 Å². The second-order valence-corrected chi connectivity index (χ2v) is 9.98. The zero-order valence-corrected chi connectivity index (χ0v) is 20.7. The third-order valence-electron chi connectivity index (χ3n) is 7.02. The van der Waals surface area contributed by atoms with Crippen LogP contribution in [0.4, 0.5) is 0 Å². The third kappa shape index (κ3) is 4.13. The topological polar surface area (TPSA) is 66.8 Å². The van der Waals surface area contributed by atoms with E-state index < -0.39 is 0 Å². The number of hydrogen-bond acceptors (Lipinski definition) is 3. The van der Waals surface area contributed by atoms with Gasteiger partial charge in [-0.2, -0.15) is 5.10 Å². The predicted octanol–water partition coefficient (Wildman–Crippen LogP) is 5.72. The molecule has 0 saturated carbocycles. The monoisotopic (exact) mass is 455 g/mol. The van der Waals surface area contributed by atoms with E-state index in [4.69, 9.17) is 0 Å². The van der Waals surface area contributed by atoms with Crippen molar-refractivity contribution >= 4 is 16.8 Å². The van der Waals surface area contributed by atoms with Gasteiger partial charge in [0, 0.05) is 54.2 Å². The Bertz CT molecular complexity index is 1330. The largest absolute Gasteiger partial charge is 0.354 e. The molecule has 34 heavy (non-hydrogen) atoms. The van der Waals surface area contributed by atoms with Gasteiger partial charge in [-0.25, -0.2) is 0 Å². The summed E-state index contributed by atoms with van der Waals surface area (Å²) in [6.45, 7) is 10.2. The van der Waals surface area contributed by atoms with Crippen LogP contribution in [0.2, 0.25) is 0 Å². The number of fused-ring (bicyclic) bond motifs is 1. The number of nitrogens with one attached hydrogen (secondary N) is 1. The van der Waals surface area contributed by atoms with Crippen LogP contribution in [0.5, 0.6) is 0 Å². The molecule has 1 aliphatic heterocycles. The highest BCUT2D eigenvalue weighted by Gasteiger charge is 2.26. The average Bonchev–Trinajstić information content (AvgIpc) is 3.41. The van der Waals surface area contributed by atoms with E-state index in [-0.39, 0.29) is 5.91 Å². The lowest BCUT2D eigenvalue weighted by molar-refractivity contribution is 0.0713. The Morgan fingerprint density at radius 2 is 1.79 bits per heavy atom. The van der Waals surface area contributed by atoms with E-state index in [2.05, 4.69) is 73.1 Å². The van der Waals surface area contributed by atoms with Gasteiger partial charge in [-0.05, 0) is 73.9 Å². The van der Waals surface area contributed by atoms with E-state index in [1.165, 1.54) is 33.3 Å². The minimum atomic E-state index is 0.0855. The summed E-state index contributed by atoms with van der Waals surface area (Å²) in [5.74, 6) is 0.945. The van der Waals surface area contributed by atoms with Gasteiger partial charge in [-0.1, -0.05) is 19.9 Å². The van der Waals surface area contributed by atoms with Gasteiger partial charge in [0.1, 0.15) is 0 Å². The zero-order chi connectivity index (χ0) is 24.0. The molecule has 4 aromatic rings. The van der Waals surface area contributed by atoms with Crippen LogP contribution >= 0.6 is 0 Å². The third-order valence-corrected chi connectivity index (χ3v) is 7.02. The highest BCUT2D eigenvalue weighted by Crippen LogP contribution is 2.38. The quantitative estimate of drug-likeness (QED) is 0.428. The molecule has 0 unspecified atom stereocenters. The summed E-state index contributed by atoms with van der Waals surface area (Å²) >= 11 is 0. The number of H-pyrrole nitrogens is 1. The Hall–Kier alpha value is -3.41. The van der Waals surface area contributed by atoms with Crippen molar-refractivity contribution in [3.05, 3.63) is 70.8 Å². The molecular weight excluding hydrogens is 422 g/mol. The molecule has 1 saturated heterocycles. The van der Waals surface area contributed by atoms with Crippen LogP contribution in [-0.2, 0) is 7.05 Å². The summed E-state index contributed by atoms with van der Waals surface area (Å²) < 4.78 is 1.68. The maximum Gasteiger partial charge on any atom is 0.257 e. The maximum absolute atomic E-state index is 12.8. The van der Waals surface area contributed by atoms with Gasteiger partial charge in [-0.3, -0.25) is 14.5 Å². The Morgan fingerprint density at radius 1 is 1.09 bits per heavy atom. The maximum atomic E-state index is 12.8. The van der Waals surface area contributed by atoms with Crippen molar-refractivity contribution in [3.63, 3.8) is 0 Å². The number of hydrogen-bond donors (Lipinski definition) is 1. The molecule has 0 radical (unpaired) electrons. The van der Waals surface area contributed by atoms with Gasteiger partial charge in [0.15, 0.2) is 0 Å². The highest BCUT2D eigenvalue weighted by atomic mass is 16.2. The second kappa shape index (κ2) is 8.75. The molecule has 1 fully saturated rings. The SMILES string of the molecule is Cc1cc(-c2[nH]c3ccc(C4CCN(C(=O)c5cnn(C)c5)CC4)cc3c2C(C)C)cc(C)n1. The molecule has 5 rings (SSSR count). The van der Waals surface area contributed by atoms with E-state index >= 15 is 0 Å². The van der Waals surface area contributed by atoms with E-state index in [9.17, 15) is 4.79 Å². The molecule has 3 aromatic heterocycles. The molecule has 0 spiro atoms. The lowest BCUT2D eigenvalue weighted by Crippen LogP contribution is -2.37. The number of rotatable bonds is 4. The minimum absolute atomic E-state index is 0.0855. The number of aromatic nitrogens is 4. The number of aryl methyl sites for hydroxylation is 3. The lowest BCUT2D eigenvalue weighted by Gasteiger charge is -2.32. The first kappa shape index (κ1) is 22.4. The highest BCUT2D eigenvalue weighted by molar-refractivity contribution is 5.94. The lowest BCUT2D eigenvalue weighted by atomic mass is 9.87. The molecule has 0 atom stereocenters. The standard InChI is InChI=1S/C28H33N5O/c1-17(2)26-24-14-21(6-7-25(24)31-27(26)22-12-18(3)30-19(4)13-22)20-8-10-33(11-9-20)28(34)23-15-29-32(5)16-23/h6-7,12-17,20,31H,8-11H2,1-5H3. The van der Waals surface area contributed by atoms with Crippen molar-refractivity contribution in [3.8, 4) is 11.3 Å². The van der Waals surface area contributed by atoms with Gasteiger partial charge < -0.3 is 9.88 Å². The van der Waals surface area contributed by atoms with Crippen molar-refractivity contribution in [2.45, 2.75) is 52.4 Å². The Labute approximate surface area is 201 Å². The van der Waals surface area contributed by atoms with Crippen molar-refractivity contribution < 1.29 is 4.79 Å². The molecular formula is C28H33N5O. The van der Waals surface area contributed by atoms with E-state index in [0.717, 1.165) is 37.3 Å². The number of aromatic amines is 1. The van der Waals surface area contributed by atoms with Crippen LogP contribution in [0.15, 0.2) is 42.7 Å². The summed E-state index contributed by atoms with van der Waals surface area (Å²) in [6, 6.07) is 11.2. The van der Waals surface area contributed by atoms with Gasteiger partial charge in [-0.15, -0.1) is 0 Å². The second-order valence-electron chi connectivity index (χ2n) is 9.98. The first-order valence-electron chi connectivity index (χ1n) is 12.2. The zero-order valence-electron chi connectivity index (χ0n) is 20.7. The van der Waals surface area contributed by atoms with Crippen molar-refractivity contribution in [2.75, 3.05) is 13.1 Å². The fourth-order valence-corrected chi connectivity index (χ4v) is 5.42. The van der Waals surface area contributed by atoms with Crippen molar-refractivity contribution in [1.29, 1.82) is 0 Å². The number of amides is 1. The molecule has 4 heterocycles. The summed E-state index contributed by atoms with van der Waals surface area (Å²) in [6.07, 6.45) is 5.42. The number of likely N-dealkylation sites (tertiary alicyclic amines) is 1. The van der Waals surface area contributed by atoms with E-state index in [0.29, 0.717) is 17.4 Å². The predicted molar refractivity (Wildman–Crippen MR) is 136 cm³/mol. The molecule has 1 amide bonds. The van der Waals surface area contributed by atoms with Crippen LogP contribution in [-0.4, -0.2) is 43.6 Å². The molecule has 1 aliphatic rings. The van der Waals surface area contributed by atoms with Crippen LogP contribution in [0, 0.1) is 13.8 Å². The van der Waals surface area contributed by atoms with Crippen LogP contribution < -0.4 is 0 Å². The van der Waals surface area contributed by atoms with Crippen LogP contribution in [0.25, 0.3) is 22.2 Å². The Kier molecular flexibility index (Phi) is 5.76. The Morgan fingerprint density at radius 3 is 2.41 bits per heavy atom. The fourth-order valence-electron chi connectivity index (χ4n) is 5.42. The first-order chi connectivity index (χ1) is 16.3. The number of pyridine rings is 1. The summed E-state index contributed by atoms with van der Waals surface area (Å²) in [5.41, 5.74) is 9.07. The summed E-state index contributed by atoms with van der Waals surface area (Å²) in [7, 11) is 1.84. The van der Waals surface area contributed by atoms with Gasteiger partial charge >= 0.3 is 0 Å². The van der Waals surface area contributed by atoms with Crippen LogP contribution in [0.1, 0.15) is 71.4 Å². The molecule has 1 N–H and O–H groups in total. The molecule has 6 heteroatoms. The summed E-state index contributed by atoms with van der Waals surface area (Å²) in [4.78, 5) is 23.0. The molecule has 176 valence electrons. The van der Waals surface area contributed by atoms with Crippen LogP contribution in [0.3, 0.4) is 0 Å². The molecule has 0 aliphatic carbocycles. The minimum Gasteiger partial charge on any atom is -0.354 e. The number of nitrogens with zero attached hydrogens (tertiary/aromatic N) is 4.